The fourth-order valence-electron chi connectivity index (χ4n) is 3.16. The van der Waals surface area contributed by atoms with Crippen LogP contribution in [0.1, 0.15) is 58.0 Å². The van der Waals surface area contributed by atoms with Crippen LogP contribution in [0.2, 0.25) is 0 Å². The number of methoxy groups -OCH3 is 2. The van der Waals surface area contributed by atoms with Gasteiger partial charge in [-0.2, -0.15) is 0 Å². The normalized spacial score (nSPS) is 25.3. The Kier molecular flexibility index (Phi) is 6.76. The van der Waals surface area contributed by atoms with Gasteiger partial charge in [-0.05, 0) is 18.4 Å². The van der Waals surface area contributed by atoms with Crippen LogP contribution in [-0.2, 0) is 20.6 Å². The molecule has 2 heterocycles. The molecule has 0 unspecified atom stereocenters. The predicted octanol–water partition coefficient (Wildman–Crippen LogP) is 0.0845. The SMILES string of the molecule is CCCCc1c(C(=O)OC)[nH]c(C(=O)OC)c1[C@@H]1O[C@H](CO)[C@@H](O)[C@H]1O. The highest BCUT2D eigenvalue weighted by Gasteiger charge is 2.46. The van der Waals surface area contributed by atoms with Crippen molar-refractivity contribution >= 4 is 11.9 Å². The van der Waals surface area contributed by atoms with Gasteiger partial charge in [0.15, 0.2) is 0 Å². The third kappa shape index (κ3) is 3.61. The van der Waals surface area contributed by atoms with Crippen molar-refractivity contribution in [1.82, 2.24) is 4.98 Å². The zero-order valence-electron chi connectivity index (χ0n) is 15.0. The van der Waals surface area contributed by atoms with E-state index in [0.29, 0.717) is 18.4 Å². The number of hydrogen-bond acceptors (Lipinski definition) is 8. The molecule has 4 N–H and O–H groups in total. The monoisotopic (exact) mass is 371 g/mol. The van der Waals surface area contributed by atoms with Crippen LogP contribution in [0.25, 0.3) is 0 Å². The lowest BCUT2D eigenvalue weighted by Gasteiger charge is -2.17. The molecular weight excluding hydrogens is 346 g/mol. The van der Waals surface area contributed by atoms with E-state index < -0.39 is 43.0 Å². The summed E-state index contributed by atoms with van der Waals surface area (Å²) in [6.45, 7) is 1.47. The molecule has 26 heavy (non-hydrogen) atoms. The third-order valence-corrected chi connectivity index (χ3v) is 4.53. The number of aliphatic hydroxyl groups excluding tert-OH is 3. The molecule has 1 fully saturated rings. The summed E-state index contributed by atoms with van der Waals surface area (Å²) >= 11 is 0. The number of unbranched alkanes of at least 4 members (excludes halogenated alkanes) is 1. The highest BCUT2D eigenvalue weighted by Crippen LogP contribution is 2.39. The quantitative estimate of drug-likeness (QED) is 0.495. The number of H-pyrrole nitrogens is 1. The van der Waals surface area contributed by atoms with Crippen molar-refractivity contribution in [1.29, 1.82) is 0 Å². The molecule has 0 aromatic carbocycles. The van der Waals surface area contributed by atoms with E-state index in [2.05, 4.69) is 4.98 Å². The van der Waals surface area contributed by atoms with E-state index in [9.17, 15) is 24.9 Å². The first-order valence-corrected chi connectivity index (χ1v) is 8.44. The van der Waals surface area contributed by atoms with Crippen molar-refractivity contribution in [3.05, 3.63) is 22.5 Å². The van der Waals surface area contributed by atoms with Crippen molar-refractivity contribution in [3.8, 4) is 0 Å². The maximum absolute atomic E-state index is 12.2. The predicted molar refractivity (Wildman–Crippen MR) is 88.8 cm³/mol. The lowest BCUT2D eigenvalue weighted by atomic mass is 9.94. The Hall–Kier alpha value is -1.94. The molecule has 1 aromatic rings. The van der Waals surface area contributed by atoms with Gasteiger partial charge in [0.2, 0.25) is 0 Å². The van der Waals surface area contributed by atoms with E-state index in [0.717, 1.165) is 6.42 Å². The zero-order valence-corrected chi connectivity index (χ0v) is 15.0. The lowest BCUT2D eigenvalue weighted by Crippen LogP contribution is -2.32. The van der Waals surface area contributed by atoms with Crippen LogP contribution in [-0.4, -0.2) is 71.4 Å². The summed E-state index contributed by atoms with van der Waals surface area (Å²) in [5.41, 5.74) is 0.741. The number of carbonyl (C=O) groups is 2. The number of aromatic amines is 1. The Morgan fingerprint density at radius 1 is 1.12 bits per heavy atom. The minimum Gasteiger partial charge on any atom is -0.464 e. The second-order valence-corrected chi connectivity index (χ2v) is 6.11. The molecule has 0 saturated carbocycles. The fraction of sp³-hybridized carbons (Fsp3) is 0.647. The third-order valence-electron chi connectivity index (χ3n) is 4.53. The van der Waals surface area contributed by atoms with E-state index in [4.69, 9.17) is 14.2 Å². The van der Waals surface area contributed by atoms with E-state index in [1.54, 1.807) is 0 Å². The lowest BCUT2D eigenvalue weighted by molar-refractivity contribution is -0.0232. The number of nitrogens with one attached hydrogen (secondary N) is 1. The van der Waals surface area contributed by atoms with Gasteiger partial charge in [0.1, 0.15) is 35.8 Å². The summed E-state index contributed by atoms with van der Waals surface area (Å²) in [5.74, 6) is -1.41. The average molecular weight is 371 g/mol. The summed E-state index contributed by atoms with van der Waals surface area (Å²) in [6.07, 6.45) is -2.84. The number of carbonyl (C=O) groups excluding carboxylic acids is 2. The van der Waals surface area contributed by atoms with Crippen LogP contribution < -0.4 is 0 Å². The van der Waals surface area contributed by atoms with Gasteiger partial charge in [0.05, 0.1) is 20.8 Å². The first-order chi connectivity index (χ1) is 12.4. The van der Waals surface area contributed by atoms with Gasteiger partial charge < -0.3 is 34.5 Å². The highest BCUT2D eigenvalue weighted by molar-refractivity contribution is 5.96. The first kappa shape index (κ1) is 20.4. The number of aromatic nitrogens is 1. The van der Waals surface area contributed by atoms with E-state index in [1.165, 1.54) is 14.2 Å². The van der Waals surface area contributed by atoms with Gasteiger partial charge >= 0.3 is 11.9 Å². The number of rotatable bonds is 7. The van der Waals surface area contributed by atoms with Crippen LogP contribution in [0, 0.1) is 0 Å². The molecule has 0 bridgehead atoms. The molecule has 146 valence electrons. The molecule has 2 rings (SSSR count). The van der Waals surface area contributed by atoms with Crippen LogP contribution >= 0.6 is 0 Å². The molecule has 0 radical (unpaired) electrons. The van der Waals surface area contributed by atoms with Gasteiger partial charge in [-0.3, -0.25) is 0 Å². The van der Waals surface area contributed by atoms with Crippen LogP contribution in [0.15, 0.2) is 0 Å². The second-order valence-electron chi connectivity index (χ2n) is 6.11. The largest absolute Gasteiger partial charge is 0.464 e. The summed E-state index contributed by atoms with van der Waals surface area (Å²) < 4.78 is 15.1. The van der Waals surface area contributed by atoms with Crippen molar-refractivity contribution in [2.45, 2.75) is 50.6 Å². The van der Waals surface area contributed by atoms with Gasteiger partial charge in [-0.1, -0.05) is 13.3 Å². The average Bonchev–Trinajstić information content (AvgIpc) is 3.16. The smallest absolute Gasteiger partial charge is 0.354 e. The van der Waals surface area contributed by atoms with Gasteiger partial charge in [0.25, 0.3) is 0 Å². The molecular formula is C17H25NO8. The molecule has 4 atom stereocenters. The maximum Gasteiger partial charge on any atom is 0.354 e. The van der Waals surface area contributed by atoms with Crippen molar-refractivity contribution in [3.63, 3.8) is 0 Å². The molecule has 0 aliphatic carbocycles. The van der Waals surface area contributed by atoms with Gasteiger partial charge in [-0.25, -0.2) is 9.59 Å². The molecule has 9 heteroatoms. The molecule has 1 saturated heterocycles. The van der Waals surface area contributed by atoms with E-state index >= 15 is 0 Å². The minimum atomic E-state index is -1.38. The van der Waals surface area contributed by atoms with Crippen molar-refractivity contribution in [2.24, 2.45) is 0 Å². The minimum absolute atomic E-state index is 0.0474. The number of ether oxygens (including phenoxy) is 3. The Morgan fingerprint density at radius 3 is 2.23 bits per heavy atom. The Balaban J connectivity index is 2.61. The Labute approximate surface area is 150 Å². The molecule has 0 spiro atoms. The fourth-order valence-corrected chi connectivity index (χ4v) is 3.16. The summed E-state index contributed by atoms with van der Waals surface area (Å²) in [4.78, 5) is 27.1. The van der Waals surface area contributed by atoms with Crippen LogP contribution in [0.5, 0.6) is 0 Å². The van der Waals surface area contributed by atoms with E-state index in [1.807, 2.05) is 6.92 Å². The highest BCUT2D eigenvalue weighted by atomic mass is 16.6. The van der Waals surface area contributed by atoms with Crippen LogP contribution in [0.4, 0.5) is 0 Å². The molecule has 9 nitrogen and oxygen atoms in total. The van der Waals surface area contributed by atoms with Crippen LogP contribution in [0.3, 0.4) is 0 Å². The van der Waals surface area contributed by atoms with Gasteiger partial charge in [-0.15, -0.1) is 0 Å². The van der Waals surface area contributed by atoms with Gasteiger partial charge in [0, 0.05) is 5.56 Å². The van der Waals surface area contributed by atoms with Crippen molar-refractivity contribution in [2.75, 3.05) is 20.8 Å². The van der Waals surface area contributed by atoms with Crippen molar-refractivity contribution < 1.29 is 39.1 Å². The Morgan fingerprint density at radius 2 is 1.73 bits per heavy atom. The summed E-state index contributed by atoms with van der Waals surface area (Å²) in [7, 11) is 2.41. The summed E-state index contributed by atoms with van der Waals surface area (Å²) in [5, 5.41) is 29.7. The molecule has 1 aliphatic heterocycles. The maximum atomic E-state index is 12.2. The van der Waals surface area contributed by atoms with E-state index in [-0.39, 0.29) is 17.0 Å². The number of hydrogen-bond donors (Lipinski definition) is 4. The number of aliphatic hydroxyl groups is 3. The summed E-state index contributed by atoms with van der Waals surface area (Å²) in [6, 6.07) is 0. The Bertz CT molecular complexity index is 655. The molecule has 1 aliphatic rings. The number of esters is 2. The molecule has 1 aromatic heterocycles. The molecule has 0 amide bonds. The second kappa shape index (κ2) is 8.63. The zero-order chi connectivity index (χ0) is 19.4. The standard InChI is InChI=1S/C17H25NO8/c1-4-5-6-8-10(15-14(21)13(20)9(7-19)26-15)12(17(23)25-3)18-11(8)16(22)24-2/h9,13-15,18-21H,4-7H2,1-3H3/t9-,13-,14-,15+/m1/s1. The topological polar surface area (TPSA) is 138 Å². The first-order valence-electron chi connectivity index (χ1n) is 8.44.